The van der Waals surface area contributed by atoms with Gasteiger partial charge in [0.25, 0.3) is 0 Å². The van der Waals surface area contributed by atoms with Gasteiger partial charge in [0.05, 0.1) is 25.0 Å². The van der Waals surface area contributed by atoms with Crippen molar-refractivity contribution in [2.45, 2.75) is 108 Å². The number of rotatable bonds is 23. The van der Waals surface area contributed by atoms with Crippen LogP contribution in [0.2, 0.25) is 0 Å². The molecule has 0 aliphatic carbocycles. The highest BCUT2D eigenvalue weighted by atomic mass is 16.4. The largest absolute Gasteiger partial charge is 0.481 e. The van der Waals surface area contributed by atoms with Gasteiger partial charge in [-0.25, -0.2) is 9.78 Å². The summed E-state index contributed by atoms with van der Waals surface area (Å²) in [5.74, 6) is -8.76. The van der Waals surface area contributed by atoms with E-state index < -0.39 is 102 Å². The Labute approximate surface area is 299 Å². The Morgan fingerprint density at radius 1 is 0.808 bits per heavy atom. The third kappa shape index (κ3) is 15.3. The van der Waals surface area contributed by atoms with E-state index in [1.807, 2.05) is 0 Å². The number of H-pyrrole nitrogens is 1. The quantitative estimate of drug-likeness (QED) is 0.0284. The molecular formula is C30H51N11O11. The smallest absolute Gasteiger partial charge is 0.326 e. The molecule has 0 unspecified atom stereocenters. The van der Waals surface area contributed by atoms with E-state index in [0.717, 1.165) is 0 Å². The molecule has 1 aromatic heterocycles. The number of amides is 5. The predicted molar refractivity (Wildman–Crippen MR) is 183 cm³/mol. The van der Waals surface area contributed by atoms with Gasteiger partial charge in [-0.1, -0.05) is 20.3 Å². The highest BCUT2D eigenvalue weighted by Crippen LogP contribution is 2.11. The van der Waals surface area contributed by atoms with Gasteiger partial charge in [-0.15, -0.1) is 0 Å². The maximum Gasteiger partial charge on any atom is 0.326 e. The molecule has 0 aliphatic rings. The minimum absolute atomic E-state index is 0.00968. The molecule has 1 heterocycles. The molecule has 0 radical (unpaired) electrons. The minimum atomic E-state index is -1.75. The lowest BCUT2D eigenvalue weighted by atomic mass is 9.96. The van der Waals surface area contributed by atoms with Crippen molar-refractivity contribution in [1.29, 1.82) is 0 Å². The predicted octanol–water partition coefficient (Wildman–Crippen LogP) is -4.88. The molecule has 1 rings (SSSR count). The maximum absolute atomic E-state index is 13.6. The topological polar surface area (TPSA) is 380 Å². The van der Waals surface area contributed by atoms with Crippen LogP contribution >= 0.6 is 0 Å². The number of nitrogens with zero attached hydrogens (tertiary/aromatic N) is 2. The Balaban J connectivity index is 3.28. The molecule has 16 N–H and O–H groups in total. The zero-order chi connectivity index (χ0) is 39.7. The summed E-state index contributed by atoms with van der Waals surface area (Å²) < 4.78 is 0. The summed E-state index contributed by atoms with van der Waals surface area (Å²) in [6.45, 7) is 5.70. The van der Waals surface area contributed by atoms with Crippen LogP contribution in [0.5, 0.6) is 0 Å². The van der Waals surface area contributed by atoms with Crippen LogP contribution in [0.3, 0.4) is 0 Å². The summed E-state index contributed by atoms with van der Waals surface area (Å²) in [5.41, 5.74) is 16.7. The van der Waals surface area contributed by atoms with Crippen LogP contribution in [0.25, 0.3) is 0 Å². The number of hydrogen-bond acceptors (Lipinski definition) is 12. The average Bonchev–Trinajstić information content (AvgIpc) is 3.58. The second-order valence-electron chi connectivity index (χ2n) is 12.2. The van der Waals surface area contributed by atoms with Crippen molar-refractivity contribution in [3.63, 3.8) is 0 Å². The van der Waals surface area contributed by atoms with Crippen LogP contribution in [0.15, 0.2) is 17.5 Å². The van der Waals surface area contributed by atoms with Crippen LogP contribution in [0.1, 0.15) is 59.1 Å². The first-order valence-electron chi connectivity index (χ1n) is 16.4. The maximum atomic E-state index is 13.6. The molecule has 1 aromatic rings. The number of carbonyl (C=O) groups is 7. The molecule has 0 aromatic carbocycles. The molecule has 5 amide bonds. The Kier molecular flexibility index (Phi) is 18.7. The highest BCUT2D eigenvalue weighted by molar-refractivity contribution is 5.97. The van der Waals surface area contributed by atoms with Crippen molar-refractivity contribution in [2.75, 3.05) is 6.54 Å². The van der Waals surface area contributed by atoms with Gasteiger partial charge in [0.1, 0.15) is 36.3 Å². The lowest BCUT2D eigenvalue weighted by molar-refractivity contribution is -0.143. The van der Waals surface area contributed by atoms with Gasteiger partial charge in [0.2, 0.25) is 29.5 Å². The Morgan fingerprint density at radius 3 is 1.87 bits per heavy atom. The first-order chi connectivity index (χ1) is 24.3. The summed E-state index contributed by atoms with van der Waals surface area (Å²) in [6.07, 6.45) is -1.04. The van der Waals surface area contributed by atoms with Crippen LogP contribution in [-0.2, 0) is 40.0 Å². The lowest BCUT2D eigenvalue weighted by Gasteiger charge is -2.29. The third-order valence-electron chi connectivity index (χ3n) is 7.86. The van der Waals surface area contributed by atoms with E-state index in [1.54, 1.807) is 13.8 Å². The monoisotopic (exact) mass is 741 g/mol. The number of aliphatic hydroxyl groups excluding tert-OH is 2. The second-order valence-corrected chi connectivity index (χ2v) is 12.2. The molecule has 292 valence electrons. The number of carboxylic acids is 2. The number of hydrogen-bond donors (Lipinski definition) is 13. The van der Waals surface area contributed by atoms with Gasteiger partial charge >= 0.3 is 11.9 Å². The van der Waals surface area contributed by atoms with E-state index in [0.29, 0.717) is 12.1 Å². The van der Waals surface area contributed by atoms with Crippen molar-refractivity contribution < 1.29 is 54.0 Å². The van der Waals surface area contributed by atoms with E-state index in [1.165, 1.54) is 26.4 Å². The summed E-state index contributed by atoms with van der Waals surface area (Å²) in [6, 6.07) is -9.21. The number of aliphatic imine (C=N–C) groups is 1. The fourth-order valence-corrected chi connectivity index (χ4v) is 4.60. The molecule has 52 heavy (non-hydrogen) atoms. The second kappa shape index (κ2) is 21.8. The molecule has 9 atom stereocenters. The number of nitrogens with one attached hydrogen (secondary N) is 6. The van der Waals surface area contributed by atoms with Gasteiger partial charge < -0.3 is 69.2 Å². The summed E-state index contributed by atoms with van der Waals surface area (Å²) in [4.78, 5) is 99.8. The number of guanidine groups is 1. The van der Waals surface area contributed by atoms with Gasteiger partial charge in [0, 0.05) is 24.9 Å². The number of carboxylic acid groups (broad SMARTS) is 2. The van der Waals surface area contributed by atoms with Crippen LogP contribution in [0.4, 0.5) is 0 Å². The van der Waals surface area contributed by atoms with Gasteiger partial charge in [0.15, 0.2) is 5.96 Å². The van der Waals surface area contributed by atoms with Gasteiger partial charge in [-0.2, -0.15) is 0 Å². The first kappa shape index (κ1) is 44.7. The molecule has 0 bridgehead atoms. The summed E-state index contributed by atoms with van der Waals surface area (Å²) in [7, 11) is 0. The van der Waals surface area contributed by atoms with Gasteiger partial charge in [-0.3, -0.25) is 33.8 Å². The van der Waals surface area contributed by atoms with E-state index in [9.17, 15) is 54.0 Å². The molecule has 0 saturated carbocycles. The van der Waals surface area contributed by atoms with E-state index in [4.69, 9.17) is 17.2 Å². The summed E-state index contributed by atoms with van der Waals surface area (Å²) in [5, 5.41) is 50.8. The SMILES string of the molecule is CC[C@H](C)[C@H](NC(=O)[C@@H](NC(=O)[C@H](CCCN=C(N)N)NC(=O)[C@H](CC(=O)O)NC(=O)[C@@H](N)[C@@H](C)O)[C@@H](C)O)C(=O)N[C@@H](Cc1cnc[nH]1)C(=O)O. The Hall–Kier alpha value is -5.35. The zero-order valence-corrected chi connectivity index (χ0v) is 29.4. The van der Waals surface area contributed by atoms with Crippen molar-refractivity contribution in [3.8, 4) is 0 Å². The fourth-order valence-electron chi connectivity index (χ4n) is 4.60. The number of nitrogens with two attached hydrogens (primary N) is 3. The normalized spacial score (nSPS) is 16.2. The highest BCUT2D eigenvalue weighted by Gasteiger charge is 2.36. The molecule has 0 saturated heterocycles. The number of imidazole rings is 1. The van der Waals surface area contributed by atoms with Crippen molar-refractivity contribution >= 4 is 47.4 Å². The molecule has 0 fully saturated rings. The summed E-state index contributed by atoms with van der Waals surface area (Å²) >= 11 is 0. The van der Waals surface area contributed by atoms with Crippen molar-refractivity contribution in [1.82, 2.24) is 36.6 Å². The number of aliphatic carboxylic acids is 2. The Bertz CT molecular complexity index is 1400. The molecule has 0 spiro atoms. The number of carbonyl (C=O) groups excluding carboxylic acids is 5. The van der Waals surface area contributed by atoms with Crippen molar-refractivity contribution in [2.24, 2.45) is 28.1 Å². The van der Waals surface area contributed by atoms with Gasteiger partial charge in [-0.05, 0) is 32.6 Å². The van der Waals surface area contributed by atoms with E-state index in [2.05, 4.69) is 41.5 Å². The van der Waals surface area contributed by atoms with E-state index in [-0.39, 0.29) is 31.8 Å². The molecule has 0 aliphatic heterocycles. The number of aliphatic hydroxyl groups is 2. The van der Waals surface area contributed by atoms with Crippen LogP contribution in [-0.4, -0.2) is 133 Å². The van der Waals surface area contributed by atoms with Crippen molar-refractivity contribution in [3.05, 3.63) is 18.2 Å². The number of aromatic amines is 1. The van der Waals surface area contributed by atoms with Crippen LogP contribution < -0.4 is 43.8 Å². The minimum Gasteiger partial charge on any atom is -0.481 e. The lowest BCUT2D eigenvalue weighted by Crippen LogP contribution is -2.62. The average molecular weight is 742 g/mol. The fraction of sp³-hybridized carbons (Fsp3) is 0.633. The zero-order valence-electron chi connectivity index (χ0n) is 29.4. The first-order valence-corrected chi connectivity index (χ1v) is 16.4. The van der Waals surface area contributed by atoms with Crippen LogP contribution in [0, 0.1) is 5.92 Å². The van der Waals surface area contributed by atoms with E-state index >= 15 is 0 Å². The third-order valence-corrected chi connectivity index (χ3v) is 7.86. The molecule has 22 nitrogen and oxygen atoms in total. The molecule has 22 heteroatoms. The number of aromatic nitrogens is 2. The standard InChI is InChI=1S/C30H51N11O11/c1-5-13(2)22(27(49)39-19(29(51)52)9-16-11-34-12-36-16)40-28(50)23(15(4)43)41-24(46)17(7-6-8-35-30(32)33)37-25(47)18(10-20(44)45)38-26(48)21(31)14(3)42/h11-15,17-19,21-23,42-43H,5-10,31H2,1-4H3,(H,34,36)(H,37,47)(H,38,48)(H,39,49)(H,40,50)(H,41,46)(H,44,45)(H,51,52)(H4,32,33,35)/t13-,14+,15+,17-,18-,19-,21-,22-,23-/m0/s1. The molecular weight excluding hydrogens is 690 g/mol. The Morgan fingerprint density at radius 2 is 1.37 bits per heavy atom.